The molecule has 1 heterocycles. The van der Waals surface area contributed by atoms with Crippen LogP contribution in [0.4, 0.5) is 13.2 Å². The quantitative estimate of drug-likeness (QED) is 0.901. The highest BCUT2D eigenvalue weighted by molar-refractivity contribution is 5.26. The second-order valence-corrected chi connectivity index (χ2v) is 4.74. The molecule has 5 heteroatoms. The molecule has 0 aliphatic carbocycles. The van der Waals surface area contributed by atoms with Crippen LogP contribution in [0.2, 0.25) is 0 Å². The molecule has 0 fully saturated rings. The summed E-state index contributed by atoms with van der Waals surface area (Å²) in [6.45, 7) is 2.22. The Bertz CT molecular complexity index is 574. The number of rotatable bonds is 4. The first-order valence-electron chi connectivity index (χ1n) is 6.40. The number of benzene rings is 1. The lowest BCUT2D eigenvalue weighted by atomic mass is 10.1. The van der Waals surface area contributed by atoms with Crippen LogP contribution in [-0.4, -0.2) is 9.67 Å². The zero-order valence-electron chi connectivity index (χ0n) is 11.1. The lowest BCUT2D eigenvalue weighted by molar-refractivity contribution is -0.137. The highest BCUT2D eigenvalue weighted by Crippen LogP contribution is 2.29. The van der Waals surface area contributed by atoms with Gasteiger partial charge in [0.1, 0.15) is 0 Å². The van der Waals surface area contributed by atoms with Gasteiger partial charge in [0.2, 0.25) is 0 Å². The number of nitrogens with zero attached hydrogens (tertiary/aromatic N) is 1. The highest BCUT2D eigenvalue weighted by Gasteiger charge is 2.30. The van der Waals surface area contributed by atoms with Gasteiger partial charge in [0.05, 0.1) is 11.7 Å². The molecule has 0 saturated carbocycles. The van der Waals surface area contributed by atoms with Gasteiger partial charge in [-0.05, 0) is 35.7 Å². The van der Waals surface area contributed by atoms with E-state index in [4.69, 9.17) is 0 Å². The molecule has 1 aromatic carbocycles. The van der Waals surface area contributed by atoms with Gasteiger partial charge in [0, 0.05) is 18.9 Å². The van der Waals surface area contributed by atoms with Gasteiger partial charge < -0.3 is 9.67 Å². The van der Waals surface area contributed by atoms with Gasteiger partial charge in [0.25, 0.3) is 0 Å². The van der Waals surface area contributed by atoms with Crippen molar-refractivity contribution in [3.05, 3.63) is 59.4 Å². The molecule has 2 rings (SSSR count). The first-order chi connectivity index (χ1) is 9.40. The lowest BCUT2D eigenvalue weighted by Crippen LogP contribution is -2.06. The van der Waals surface area contributed by atoms with E-state index in [-0.39, 0.29) is 0 Å². The van der Waals surface area contributed by atoms with Crippen LogP contribution in [0.5, 0.6) is 0 Å². The molecular formula is C15H16F3NO. The smallest absolute Gasteiger partial charge is 0.388 e. The molecule has 0 aliphatic heterocycles. The lowest BCUT2D eigenvalue weighted by Gasteiger charge is -2.09. The summed E-state index contributed by atoms with van der Waals surface area (Å²) >= 11 is 0. The van der Waals surface area contributed by atoms with E-state index >= 15 is 0 Å². The van der Waals surface area contributed by atoms with Crippen molar-refractivity contribution < 1.29 is 18.3 Å². The number of aliphatic hydroxyl groups excluding tert-OH is 1. The van der Waals surface area contributed by atoms with Gasteiger partial charge in [-0.1, -0.05) is 19.1 Å². The summed E-state index contributed by atoms with van der Waals surface area (Å²) in [5.41, 5.74) is 0.711. The van der Waals surface area contributed by atoms with Crippen LogP contribution in [0.15, 0.2) is 42.7 Å². The average molecular weight is 283 g/mol. The fourth-order valence-electron chi connectivity index (χ4n) is 2.05. The van der Waals surface area contributed by atoms with Gasteiger partial charge in [0.15, 0.2) is 0 Å². The second kappa shape index (κ2) is 5.71. The van der Waals surface area contributed by atoms with Crippen molar-refractivity contribution in [2.75, 3.05) is 0 Å². The predicted molar refractivity (Wildman–Crippen MR) is 70.2 cm³/mol. The fraction of sp³-hybridized carbons (Fsp3) is 0.333. The van der Waals surface area contributed by atoms with Crippen LogP contribution < -0.4 is 0 Å². The van der Waals surface area contributed by atoms with Crippen molar-refractivity contribution >= 4 is 0 Å². The summed E-state index contributed by atoms with van der Waals surface area (Å²) in [5.74, 6) is 0. The summed E-state index contributed by atoms with van der Waals surface area (Å²) in [4.78, 5) is 0. The first kappa shape index (κ1) is 14.7. The SMILES string of the molecule is CCC(O)c1ccn(Cc2cccc(C(F)(F)F)c2)c1. The van der Waals surface area contributed by atoms with Gasteiger partial charge in [-0.15, -0.1) is 0 Å². The Labute approximate surface area is 115 Å². The largest absolute Gasteiger partial charge is 0.416 e. The number of hydrogen-bond acceptors (Lipinski definition) is 1. The number of alkyl halides is 3. The summed E-state index contributed by atoms with van der Waals surface area (Å²) in [6, 6.07) is 7.05. The third-order valence-electron chi connectivity index (χ3n) is 3.16. The molecule has 0 aliphatic rings. The molecule has 1 aromatic heterocycles. The fourth-order valence-corrected chi connectivity index (χ4v) is 2.05. The molecule has 2 aromatic rings. The van der Waals surface area contributed by atoms with Crippen LogP contribution in [0.3, 0.4) is 0 Å². The standard InChI is InChI=1S/C15H16F3NO/c1-2-14(20)12-6-7-19(10-12)9-11-4-3-5-13(8-11)15(16,17)18/h3-8,10,14,20H,2,9H2,1H3. The Morgan fingerprint density at radius 2 is 2.00 bits per heavy atom. The second-order valence-electron chi connectivity index (χ2n) is 4.74. The van der Waals surface area contributed by atoms with E-state index in [9.17, 15) is 18.3 Å². The van der Waals surface area contributed by atoms with Crippen LogP contribution in [0.25, 0.3) is 0 Å². The normalized spacial score (nSPS) is 13.4. The minimum absolute atomic E-state index is 0.348. The molecule has 2 nitrogen and oxygen atoms in total. The number of hydrogen-bond donors (Lipinski definition) is 1. The van der Waals surface area contributed by atoms with E-state index in [1.807, 2.05) is 6.92 Å². The molecule has 108 valence electrons. The highest BCUT2D eigenvalue weighted by atomic mass is 19.4. The molecule has 1 N–H and O–H groups in total. The molecule has 0 amide bonds. The Balaban J connectivity index is 2.16. The van der Waals surface area contributed by atoms with Crippen LogP contribution in [0.1, 0.15) is 36.1 Å². The zero-order chi connectivity index (χ0) is 14.8. The number of halogens is 3. The Morgan fingerprint density at radius 1 is 1.25 bits per heavy atom. The van der Waals surface area contributed by atoms with Gasteiger partial charge >= 0.3 is 6.18 Å². The molecule has 20 heavy (non-hydrogen) atoms. The summed E-state index contributed by atoms with van der Waals surface area (Å²) < 4.78 is 39.6. The van der Waals surface area contributed by atoms with Crippen molar-refractivity contribution in [3.8, 4) is 0 Å². The van der Waals surface area contributed by atoms with E-state index < -0.39 is 17.8 Å². The zero-order valence-corrected chi connectivity index (χ0v) is 11.1. The molecule has 0 saturated heterocycles. The van der Waals surface area contributed by atoms with E-state index in [0.717, 1.165) is 17.7 Å². The third kappa shape index (κ3) is 3.42. The maximum absolute atomic E-state index is 12.6. The minimum atomic E-state index is -4.32. The van der Waals surface area contributed by atoms with Gasteiger partial charge in [-0.3, -0.25) is 0 Å². The maximum atomic E-state index is 12.6. The van der Waals surface area contributed by atoms with Crippen molar-refractivity contribution in [1.29, 1.82) is 0 Å². The minimum Gasteiger partial charge on any atom is -0.388 e. The summed E-state index contributed by atoms with van der Waals surface area (Å²) in [5, 5.41) is 9.70. The van der Waals surface area contributed by atoms with Crippen molar-refractivity contribution in [2.45, 2.75) is 32.2 Å². The van der Waals surface area contributed by atoms with Crippen LogP contribution in [0, 0.1) is 0 Å². The summed E-state index contributed by atoms with van der Waals surface area (Å²) in [6.07, 6.45) is -0.732. The third-order valence-corrected chi connectivity index (χ3v) is 3.16. The number of aliphatic hydroxyl groups is 1. The Kier molecular flexibility index (Phi) is 4.18. The molecular weight excluding hydrogens is 267 g/mol. The molecule has 0 spiro atoms. The van der Waals surface area contributed by atoms with E-state index in [2.05, 4.69) is 0 Å². The van der Waals surface area contributed by atoms with E-state index in [1.165, 1.54) is 6.07 Å². The molecule has 0 bridgehead atoms. The van der Waals surface area contributed by atoms with Crippen LogP contribution >= 0.6 is 0 Å². The molecule has 0 radical (unpaired) electrons. The van der Waals surface area contributed by atoms with E-state index in [1.54, 1.807) is 29.1 Å². The number of aromatic nitrogens is 1. The maximum Gasteiger partial charge on any atom is 0.416 e. The monoisotopic (exact) mass is 283 g/mol. The Hall–Kier alpha value is -1.75. The van der Waals surface area contributed by atoms with Crippen molar-refractivity contribution in [3.63, 3.8) is 0 Å². The van der Waals surface area contributed by atoms with Crippen molar-refractivity contribution in [1.82, 2.24) is 4.57 Å². The molecule has 1 atom stereocenters. The first-order valence-corrected chi connectivity index (χ1v) is 6.40. The van der Waals surface area contributed by atoms with Gasteiger partial charge in [-0.25, -0.2) is 0 Å². The Morgan fingerprint density at radius 3 is 2.65 bits per heavy atom. The average Bonchev–Trinajstić information content (AvgIpc) is 2.85. The van der Waals surface area contributed by atoms with Gasteiger partial charge in [-0.2, -0.15) is 13.2 Å². The molecule has 1 unspecified atom stereocenters. The van der Waals surface area contributed by atoms with Crippen LogP contribution in [-0.2, 0) is 12.7 Å². The predicted octanol–water partition coefficient (Wildman–Crippen LogP) is 4.00. The van der Waals surface area contributed by atoms with E-state index in [0.29, 0.717) is 18.5 Å². The van der Waals surface area contributed by atoms with Crippen molar-refractivity contribution in [2.24, 2.45) is 0 Å². The topological polar surface area (TPSA) is 25.2 Å². The summed E-state index contributed by atoms with van der Waals surface area (Å²) in [7, 11) is 0.